The molecule has 5 aromatic rings. The Bertz CT molecular complexity index is 2700. The maximum Gasteiger partial charge on any atom is 0.238 e. The quantitative estimate of drug-likeness (QED) is 0.0788. The van der Waals surface area contributed by atoms with Crippen LogP contribution in [0, 0.1) is 29.6 Å². The van der Waals surface area contributed by atoms with Crippen molar-refractivity contribution >= 4 is 59.3 Å². The van der Waals surface area contributed by atoms with E-state index in [0.29, 0.717) is 40.8 Å². The van der Waals surface area contributed by atoms with Crippen molar-refractivity contribution in [2.45, 2.75) is 18.8 Å². The fourth-order valence-electron chi connectivity index (χ4n) is 9.93. The molecule has 318 valence electrons. The Labute approximate surface area is 365 Å². The molecule has 4 aliphatic rings. The fraction of sp³-hybridized carbons (Fsp3) is 0.231. The molecule has 11 nitrogen and oxygen atoms in total. The number of hydrogen-bond acceptors (Lipinski definition) is 9. The number of rotatable bonds is 11. The van der Waals surface area contributed by atoms with Crippen LogP contribution in [-0.4, -0.2) is 57.2 Å². The number of aromatic hydroxyl groups is 1. The summed E-state index contributed by atoms with van der Waals surface area (Å²) in [7, 11) is 6.42. The van der Waals surface area contributed by atoms with E-state index in [9.17, 15) is 24.3 Å². The van der Waals surface area contributed by atoms with Crippen molar-refractivity contribution in [1.82, 2.24) is 0 Å². The maximum absolute atomic E-state index is 14.6. The number of imide groups is 2. The van der Waals surface area contributed by atoms with E-state index in [4.69, 9.17) is 18.9 Å². The number of phenols is 1. The summed E-state index contributed by atoms with van der Waals surface area (Å²) in [5, 5.41) is 10.2. The lowest BCUT2D eigenvalue weighted by atomic mass is 9.57. The number of carbonyl (C=O) groups is 4. The van der Waals surface area contributed by atoms with Gasteiger partial charge in [-0.25, -0.2) is 0 Å². The van der Waals surface area contributed by atoms with Crippen molar-refractivity contribution in [1.29, 1.82) is 0 Å². The van der Waals surface area contributed by atoms with E-state index in [1.165, 1.54) is 9.80 Å². The number of ether oxygens (including phenoxy) is 4. The Kier molecular flexibility index (Phi) is 10.9. The van der Waals surface area contributed by atoms with Crippen LogP contribution in [0.4, 0.5) is 11.4 Å². The van der Waals surface area contributed by atoms with Crippen LogP contribution in [0.5, 0.6) is 28.7 Å². The van der Waals surface area contributed by atoms with Gasteiger partial charge in [-0.15, -0.1) is 0 Å². The topological polar surface area (TPSA) is 132 Å². The standard InChI is InChI=1S/C52H46N2O9/c1-60-38-21-25-44(62-3)33(27-38)11-5-30-7-15-35(16-8-30)53-49(56)41-24-23-40-42(47(41)51(53)58)29-43-48(46(40)32-13-19-37(55)20-14-32)52(59)54(50(43)57)36-17-9-31(10-18-36)6-12-34-28-39(61-2)22-26-45(34)63-4/h5-23,25-28,41-43,46-48,55H,24,29H2,1-4H3/t41-,42+,43+,46-,47-,48+/m0/s1. The molecule has 2 saturated heterocycles. The van der Waals surface area contributed by atoms with Gasteiger partial charge in [0.2, 0.25) is 23.6 Å². The van der Waals surface area contributed by atoms with Crippen molar-refractivity contribution in [2.75, 3.05) is 38.2 Å². The van der Waals surface area contributed by atoms with Crippen LogP contribution in [0.15, 0.2) is 121 Å². The van der Waals surface area contributed by atoms with E-state index in [1.807, 2.05) is 91.0 Å². The van der Waals surface area contributed by atoms with Gasteiger partial charge in [-0.05, 0) is 108 Å². The lowest BCUT2D eigenvalue weighted by molar-refractivity contribution is -0.126. The van der Waals surface area contributed by atoms with Crippen molar-refractivity contribution < 1.29 is 43.2 Å². The molecule has 4 amide bonds. The third-order valence-corrected chi connectivity index (χ3v) is 13.0. The highest BCUT2D eigenvalue weighted by molar-refractivity contribution is 6.24. The van der Waals surface area contributed by atoms with Gasteiger partial charge in [-0.3, -0.25) is 29.0 Å². The van der Waals surface area contributed by atoms with Crippen LogP contribution in [0.2, 0.25) is 0 Å². The molecule has 2 aliphatic heterocycles. The SMILES string of the molecule is COc1ccc(OC)c(C=Cc2ccc(N3C(=O)[C@H]4[C@H](CC=C5[C@H]4C[C@H]4C(=O)N(c6ccc(C=Cc7cc(OC)ccc7OC)cc6)C(=O)[C@H]4[C@H]5c4ccc(O)cc4)C3=O)cc2)c1. The molecule has 1 N–H and O–H groups in total. The van der Waals surface area contributed by atoms with Gasteiger partial charge in [-0.2, -0.15) is 0 Å². The summed E-state index contributed by atoms with van der Waals surface area (Å²) < 4.78 is 21.8. The Hall–Kier alpha value is -7.40. The first-order valence-electron chi connectivity index (χ1n) is 20.9. The molecule has 6 atom stereocenters. The average molecular weight is 843 g/mol. The van der Waals surface area contributed by atoms with Crippen molar-refractivity contribution in [2.24, 2.45) is 29.6 Å². The third-order valence-electron chi connectivity index (χ3n) is 13.0. The minimum absolute atomic E-state index is 0.0727. The Morgan fingerprint density at radius 3 is 1.51 bits per heavy atom. The Morgan fingerprint density at radius 2 is 1.02 bits per heavy atom. The number of hydrogen-bond donors (Lipinski definition) is 1. The molecule has 0 unspecified atom stereocenters. The number of nitrogens with zero attached hydrogens (tertiary/aromatic N) is 2. The molecule has 11 heteroatoms. The molecule has 3 fully saturated rings. The van der Waals surface area contributed by atoms with Crippen LogP contribution < -0.4 is 28.7 Å². The zero-order chi connectivity index (χ0) is 43.9. The molecule has 1 saturated carbocycles. The monoisotopic (exact) mass is 842 g/mol. The second-order valence-corrected chi connectivity index (χ2v) is 16.2. The van der Waals surface area contributed by atoms with Crippen LogP contribution in [-0.2, 0) is 19.2 Å². The molecule has 2 heterocycles. The summed E-state index contributed by atoms with van der Waals surface area (Å²) in [5.74, 6) is -2.16. The van der Waals surface area contributed by atoms with E-state index < -0.39 is 35.5 Å². The second kappa shape index (κ2) is 16.8. The summed E-state index contributed by atoms with van der Waals surface area (Å²) in [4.78, 5) is 60.6. The van der Waals surface area contributed by atoms with Gasteiger partial charge >= 0.3 is 0 Å². The molecule has 0 spiro atoms. The van der Waals surface area contributed by atoms with Crippen molar-refractivity contribution in [3.63, 3.8) is 0 Å². The number of methoxy groups -OCH3 is 4. The smallest absolute Gasteiger partial charge is 0.238 e. The number of anilines is 2. The van der Waals surface area contributed by atoms with Gasteiger partial charge in [0.1, 0.15) is 28.7 Å². The highest BCUT2D eigenvalue weighted by atomic mass is 16.5. The first-order valence-corrected chi connectivity index (χ1v) is 20.9. The van der Waals surface area contributed by atoms with Gasteiger partial charge in [0, 0.05) is 17.0 Å². The predicted octanol–water partition coefficient (Wildman–Crippen LogP) is 8.81. The highest BCUT2D eigenvalue weighted by Crippen LogP contribution is 2.58. The number of phenolic OH excluding ortho intramolecular Hbond substituents is 1. The molecule has 9 rings (SSSR count). The van der Waals surface area contributed by atoms with E-state index in [2.05, 4.69) is 0 Å². The van der Waals surface area contributed by atoms with Gasteiger partial charge in [0.05, 0.1) is 63.5 Å². The van der Waals surface area contributed by atoms with E-state index >= 15 is 0 Å². The first-order chi connectivity index (χ1) is 30.6. The maximum atomic E-state index is 14.6. The number of fused-ring (bicyclic) bond motifs is 4. The lowest BCUT2D eigenvalue weighted by Crippen LogP contribution is -2.43. The van der Waals surface area contributed by atoms with Crippen molar-refractivity contribution in [3.8, 4) is 28.7 Å². The first kappa shape index (κ1) is 41.0. The second-order valence-electron chi connectivity index (χ2n) is 16.2. The molecule has 5 aromatic carbocycles. The molecular weight excluding hydrogens is 797 g/mol. The molecule has 0 radical (unpaired) electrons. The normalized spacial score (nSPS) is 22.9. The van der Waals surface area contributed by atoms with Crippen LogP contribution in [0.3, 0.4) is 0 Å². The van der Waals surface area contributed by atoms with Gasteiger partial charge < -0.3 is 24.1 Å². The highest BCUT2D eigenvalue weighted by Gasteiger charge is 2.62. The number of carbonyl (C=O) groups excluding carboxylic acids is 4. The van der Waals surface area contributed by atoms with Gasteiger partial charge in [0.25, 0.3) is 0 Å². The van der Waals surface area contributed by atoms with Crippen LogP contribution in [0.1, 0.15) is 46.6 Å². The minimum Gasteiger partial charge on any atom is -0.508 e. The summed E-state index contributed by atoms with van der Waals surface area (Å²) in [5.41, 5.74) is 5.93. The van der Waals surface area contributed by atoms with E-state index in [-0.39, 0.29) is 35.8 Å². The van der Waals surface area contributed by atoms with Crippen molar-refractivity contribution in [3.05, 3.63) is 149 Å². The summed E-state index contributed by atoms with van der Waals surface area (Å²) in [6.07, 6.45) is 10.3. The van der Waals surface area contributed by atoms with E-state index in [0.717, 1.165) is 33.4 Å². The number of benzene rings is 5. The number of allylic oxidation sites excluding steroid dienone is 2. The number of amides is 4. The molecular formula is C52H46N2O9. The summed E-state index contributed by atoms with van der Waals surface area (Å²) in [6.45, 7) is 0. The molecule has 0 aromatic heterocycles. The van der Waals surface area contributed by atoms with Gasteiger partial charge in [0.15, 0.2) is 0 Å². The van der Waals surface area contributed by atoms with Crippen LogP contribution >= 0.6 is 0 Å². The minimum atomic E-state index is -0.734. The average Bonchev–Trinajstić information content (AvgIpc) is 3.72. The van der Waals surface area contributed by atoms with Gasteiger partial charge in [-0.1, -0.05) is 72.4 Å². The predicted molar refractivity (Wildman–Crippen MR) is 240 cm³/mol. The largest absolute Gasteiger partial charge is 0.508 e. The zero-order valence-electron chi connectivity index (χ0n) is 35.3. The lowest BCUT2D eigenvalue weighted by Gasteiger charge is -2.44. The molecule has 2 aliphatic carbocycles. The zero-order valence-corrected chi connectivity index (χ0v) is 35.3. The summed E-state index contributed by atoms with van der Waals surface area (Å²) >= 11 is 0. The molecule has 63 heavy (non-hydrogen) atoms. The Morgan fingerprint density at radius 1 is 0.524 bits per heavy atom. The fourth-order valence-corrected chi connectivity index (χ4v) is 9.93. The van der Waals surface area contributed by atoms with Crippen LogP contribution in [0.25, 0.3) is 24.3 Å². The molecule has 0 bridgehead atoms. The van der Waals surface area contributed by atoms with E-state index in [1.54, 1.807) is 77.0 Å². The Balaban J connectivity index is 0.988. The summed E-state index contributed by atoms with van der Waals surface area (Å²) in [6, 6.07) is 32.3. The third kappa shape index (κ3) is 7.33.